The summed E-state index contributed by atoms with van der Waals surface area (Å²) in [6.45, 7) is 1.71. The average molecular weight is 270 g/mol. The SMILES string of the molecule is COc1ncnc(NC(C)CCC(=O)O)c1[N+](=O)[O-]. The van der Waals surface area contributed by atoms with Gasteiger partial charge in [-0.15, -0.1) is 0 Å². The van der Waals surface area contributed by atoms with Gasteiger partial charge in [-0.3, -0.25) is 14.9 Å². The summed E-state index contributed by atoms with van der Waals surface area (Å²) in [4.78, 5) is 28.2. The maximum absolute atomic E-state index is 11.0. The number of hydrogen-bond donors (Lipinski definition) is 2. The topological polar surface area (TPSA) is 127 Å². The molecule has 1 unspecified atom stereocenters. The number of hydrogen-bond acceptors (Lipinski definition) is 7. The van der Waals surface area contributed by atoms with Gasteiger partial charge in [0.1, 0.15) is 6.33 Å². The Morgan fingerprint density at radius 2 is 2.32 bits per heavy atom. The van der Waals surface area contributed by atoms with Gasteiger partial charge >= 0.3 is 11.7 Å². The molecular weight excluding hydrogens is 256 g/mol. The number of aromatic nitrogens is 2. The molecule has 0 radical (unpaired) electrons. The molecule has 2 N–H and O–H groups in total. The quantitative estimate of drug-likeness (QED) is 0.556. The zero-order chi connectivity index (χ0) is 14.4. The third-order valence-electron chi connectivity index (χ3n) is 2.34. The van der Waals surface area contributed by atoms with Crippen LogP contribution in [0.2, 0.25) is 0 Å². The molecule has 0 fully saturated rings. The van der Waals surface area contributed by atoms with Crippen molar-refractivity contribution in [1.29, 1.82) is 0 Å². The molecule has 0 aliphatic carbocycles. The number of ether oxygens (including phenoxy) is 1. The van der Waals surface area contributed by atoms with Crippen LogP contribution < -0.4 is 10.1 Å². The highest BCUT2D eigenvalue weighted by Crippen LogP contribution is 2.30. The summed E-state index contributed by atoms with van der Waals surface area (Å²) >= 11 is 0. The van der Waals surface area contributed by atoms with E-state index < -0.39 is 10.9 Å². The summed E-state index contributed by atoms with van der Waals surface area (Å²) in [6, 6.07) is -0.283. The molecule has 0 saturated heterocycles. The summed E-state index contributed by atoms with van der Waals surface area (Å²) in [5.41, 5.74) is -0.368. The molecule has 0 aliphatic rings. The molecule has 1 rings (SSSR count). The molecule has 104 valence electrons. The average Bonchev–Trinajstić information content (AvgIpc) is 2.35. The van der Waals surface area contributed by atoms with E-state index in [1.54, 1.807) is 6.92 Å². The number of methoxy groups -OCH3 is 1. The predicted molar refractivity (Wildman–Crippen MR) is 65.2 cm³/mol. The van der Waals surface area contributed by atoms with Gasteiger partial charge in [0, 0.05) is 12.5 Å². The highest BCUT2D eigenvalue weighted by molar-refractivity contribution is 5.67. The van der Waals surface area contributed by atoms with E-state index in [0.29, 0.717) is 6.42 Å². The summed E-state index contributed by atoms with van der Waals surface area (Å²) in [5, 5.41) is 22.3. The smallest absolute Gasteiger partial charge is 0.372 e. The Kier molecular flexibility index (Phi) is 4.98. The van der Waals surface area contributed by atoms with Crippen LogP contribution >= 0.6 is 0 Å². The Balaban J connectivity index is 2.88. The molecule has 19 heavy (non-hydrogen) atoms. The Hall–Kier alpha value is -2.45. The van der Waals surface area contributed by atoms with Gasteiger partial charge in [0.2, 0.25) is 5.82 Å². The molecule has 0 saturated carbocycles. The molecule has 0 bridgehead atoms. The third-order valence-corrected chi connectivity index (χ3v) is 2.34. The first kappa shape index (κ1) is 14.6. The minimum absolute atomic E-state index is 0.00902. The van der Waals surface area contributed by atoms with Gasteiger partial charge in [-0.25, -0.2) is 4.98 Å². The Morgan fingerprint density at radius 1 is 1.63 bits per heavy atom. The molecule has 9 nitrogen and oxygen atoms in total. The lowest BCUT2D eigenvalue weighted by molar-refractivity contribution is -0.385. The lowest BCUT2D eigenvalue weighted by Crippen LogP contribution is -2.18. The van der Waals surface area contributed by atoms with Crippen LogP contribution in [0.5, 0.6) is 5.88 Å². The van der Waals surface area contributed by atoms with E-state index in [0.717, 1.165) is 6.33 Å². The van der Waals surface area contributed by atoms with E-state index in [2.05, 4.69) is 15.3 Å². The van der Waals surface area contributed by atoms with Crippen LogP contribution in [0, 0.1) is 10.1 Å². The fraction of sp³-hybridized carbons (Fsp3) is 0.500. The highest BCUT2D eigenvalue weighted by Gasteiger charge is 2.24. The molecule has 0 spiro atoms. The van der Waals surface area contributed by atoms with Crippen molar-refractivity contribution in [1.82, 2.24) is 9.97 Å². The molecule has 0 amide bonds. The van der Waals surface area contributed by atoms with Gasteiger partial charge in [0.15, 0.2) is 0 Å². The maximum atomic E-state index is 11.0. The van der Waals surface area contributed by atoms with E-state index in [1.165, 1.54) is 7.11 Å². The fourth-order valence-electron chi connectivity index (χ4n) is 1.43. The predicted octanol–water partition coefficient (Wildman–Crippen LogP) is 1.06. The lowest BCUT2D eigenvalue weighted by atomic mass is 10.2. The van der Waals surface area contributed by atoms with Crippen LogP contribution in [0.15, 0.2) is 6.33 Å². The van der Waals surface area contributed by atoms with Crippen molar-refractivity contribution < 1.29 is 19.6 Å². The normalized spacial score (nSPS) is 11.7. The second-order valence-electron chi connectivity index (χ2n) is 3.82. The van der Waals surface area contributed by atoms with E-state index in [-0.39, 0.29) is 29.8 Å². The van der Waals surface area contributed by atoms with Crippen LogP contribution in [0.1, 0.15) is 19.8 Å². The molecule has 1 atom stereocenters. The molecule has 1 heterocycles. The molecule has 0 aliphatic heterocycles. The monoisotopic (exact) mass is 270 g/mol. The van der Waals surface area contributed by atoms with Crippen molar-refractivity contribution in [3.63, 3.8) is 0 Å². The molecule has 9 heteroatoms. The molecular formula is C10H14N4O5. The van der Waals surface area contributed by atoms with Crippen LogP contribution in [0.25, 0.3) is 0 Å². The zero-order valence-electron chi connectivity index (χ0n) is 10.5. The minimum atomic E-state index is -0.927. The summed E-state index contributed by atoms with van der Waals surface area (Å²) < 4.78 is 4.80. The van der Waals surface area contributed by atoms with Crippen LogP contribution in [-0.2, 0) is 4.79 Å². The number of carbonyl (C=O) groups is 1. The van der Waals surface area contributed by atoms with Crippen molar-refractivity contribution in [2.45, 2.75) is 25.8 Å². The number of nitro groups is 1. The molecule has 1 aromatic heterocycles. The third kappa shape index (κ3) is 4.05. The molecule has 0 aromatic carbocycles. The number of aliphatic carboxylic acids is 1. The van der Waals surface area contributed by atoms with E-state index in [4.69, 9.17) is 9.84 Å². The second-order valence-corrected chi connectivity index (χ2v) is 3.82. The highest BCUT2D eigenvalue weighted by atomic mass is 16.6. The summed E-state index contributed by atoms with van der Waals surface area (Å²) in [5.74, 6) is -1.06. The minimum Gasteiger partial charge on any atom is -0.481 e. The van der Waals surface area contributed by atoms with Crippen LogP contribution in [0.4, 0.5) is 11.5 Å². The summed E-state index contributed by atoms with van der Waals surface area (Å²) in [7, 11) is 1.27. The van der Waals surface area contributed by atoms with Gasteiger partial charge in [0.05, 0.1) is 12.0 Å². The van der Waals surface area contributed by atoms with Crippen molar-refractivity contribution >= 4 is 17.5 Å². The van der Waals surface area contributed by atoms with Gasteiger partial charge < -0.3 is 15.2 Å². The van der Waals surface area contributed by atoms with Crippen molar-refractivity contribution in [2.75, 3.05) is 12.4 Å². The zero-order valence-corrected chi connectivity index (χ0v) is 10.5. The van der Waals surface area contributed by atoms with Crippen molar-refractivity contribution in [3.05, 3.63) is 16.4 Å². The van der Waals surface area contributed by atoms with E-state index >= 15 is 0 Å². The Labute approximate surface area is 108 Å². The van der Waals surface area contributed by atoms with Crippen LogP contribution in [-0.4, -0.2) is 39.1 Å². The molecule has 1 aromatic rings. The number of nitrogens with zero attached hydrogens (tertiary/aromatic N) is 3. The number of carboxylic acids is 1. The largest absolute Gasteiger partial charge is 0.481 e. The number of carboxylic acid groups (broad SMARTS) is 1. The standard InChI is InChI=1S/C10H14N4O5/c1-6(3-4-7(15)16)13-9-8(14(17)18)10(19-2)12-5-11-9/h5-6H,3-4H2,1-2H3,(H,15,16)(H,11,12,13). The first-order valence-corrected chi connectivity index (χ1v) is 5.47. The van der Waals surface area contributed by atoms with Gasteiger partial charge in [-0.05, 0) is 13.3 Å². The second kappa shape index (κ2) is 6.47. The van der Waals surface area contributed by atoms with Gasteiger partial charge in [-0.2, -0.15) is 4.98 Å². The summed E-state index contributed by atoms with van der Waals surface area (Å²) in [6.07, 6.45) is 1.42. The van der Waals surface area contributed by atoms with E-state index in [1.807, 2.05) is 0 Å². The fourth-order valence-corrected chi connectivity index (χ4v) is 1.43. The number of anilines is 1. The Morgan fingerprint density at radius 3 is 2.84 bits per heavy atom. The lowest BCUT2D eigenvalue weighted by Gasteiger charge is -2.13. The van der Waals surface area contributed by atoms with Crippen molar-refractivity contribution in [3.8, 4) is 5.88 Å². The first-order chi connectivity index (χ1) is 8.95. The first-order valence-electron chi connectivity index (χ1n) is 5.47. The van der Waals surface area contributed by atoms with Crippen molar-refractivity contribution in [2.24, 2.45) is 0 Å². The Bertz CT molecular complexity index is 479. The van der Waals surface area contributed by atoms with Gasteiger partial charge in [-0.1, -0.05) is 0 Å². The number of rotatable bonds is 7. The van der Waals surface area contributed by atoms with Gasteiger partial charge in [0.25, 0.3) is 5.88 Å². The van der Waals surface area contributed by atoms with E-state index in [9.17, 15) is 14.9 Å². The maximum Gasteiger partial charge on any atom is 0.372 e. The van der Waals surface area contributed by atoms with Crippen LogP contribution in [0.3, 0.4) is 0 Å². The number of nitrogens with one attached hydrogen (secondary N) is 1.